The molecule has 1 fully saturated rings. The van der Waals surface area contributed by atoms with E-state index in [4.69, 9.17) is 15.2 Å². The van der Waals surface area contributed by atoms with Crippen molar-refractivity contribution in [2.45, 2.75) is 18.9 Å². The van der Waals surface area contributed by atoms with Crippen LogP contribution >= 0.6 is 0 Å². The summed E-state index contributed by atoms with van der Waals surface area (Å²) in [6.07, 6.45) is 1.34. The third-order valence-electron chi connectivity index (χ3n) is 2.74. The average Bonchev–Trinajstić information content (AvgIpc) is 2.85. The lowest BCUT2D eigenvalue weighted by Crippen LogP contribution is -2.27. The van der Waals surface area contributed by atoms with E-state index >= 15 is 0 Å². The van der Waals surface area contributed by atoms with Crippen LogP contribution < -0.4 is 15.8 Å². The summed E-state index contributed by atoms with van der Waals surface area (Å²) in [7, 11) is 1.57. The van der Waals surface area contributed by atoms with E-state index in [9.17, 15) is 4.79 Å². The van der Waals surface area contributed by atoms with Crippen molar-refractivity contribution >= 4 is 17.3 Å². The van der Waals surface area contributed by atoms with Gasteiger partial charge in [0.2, 0.25) is 0 Å². The normalized spacial score (nSPS) is 19.0. The summed E-state index contributed by atoms with van der Waals surface area (Å²) in [6.45, 7) is 0.649. The molecule has 1 aliphatic rings. The first-order valence-electron chi connectivity index (χ1n) is 5.56. The molecule has 1 aliphatic heterocycles. The molecule has 1 aromatic rings. The zero-order chi connectivity index (χ0) is 12.3. The summed E-state index contributed by atoms with van der Waals surface area (Å²) < 4.78 is 10.3. The number of ether oxygens (including phenoxy) is 2. The van der Waals surface area contributed by atoms with E-state index in [1.807, 2.05) is 0 Å². The van der Waals surface area contributed by atoms with E-state index in [0.717, 1.165) is 12.8 Å². The Bertz CT molecular complexity index is 414. The fourth-order valence-corrected chi connectivity index (χ4v) is 1.78. The maximum absolute atomic E-state index is 11.8. The first kappa shape index (κ1) is 11.7. The Morgan fingerprint density at radius 2 is 2.41 bits per heavy atom. The Kier molecular flexibility index (Phi) is 3.49. The lowest BCUT2D eigenvalue weighted by atomic mass is 10.2. The number of anilines is 2. The SMILES string of the molecule is COc1ccc(NC(=O)[C@@H]2CCCO2)c(N)c1. The van der Waals surface area contributed by atoms with Gasteiger partial charge >= 0.3 is 0 Å². The van der Waals surface area contributed by atoms with Crippen molar-refractivity contribution in [2.24, 2.45) is 0 Å². The molecule has 2 rings (SSSR count). The van der Waals surface area contributed by atoms with Gasteiger partial charge in [-0.05, 0) is 25.0 Å². The van der Waals surface area contributed by atoms with Gasteiger partial charge < -0.3 is 20.5 Å². The van der Waals surface area contributed by atoms with Crippen LogP contribution in [0.15, 0.2) is 18.2 Å². The molecule has 5 nitrogen and oxygen atoms in total. The zero-order valence-corrected chi connectivity index (χ0v) is 9.73. The molecule has 0 radical (unpaired) electrons. The van der Waals surface area contributed by atoms with Gasteiger partial charge in [0, 0.05) is 12.7 Å². The van der Waals surface area contributed by atoms with E-state index in [1.54, 1.807) is 25.3 Å². The van der Waals surface area contributed by atoms with Crippen molar-refractivity contribution < 1.29 is 14.3 Å². The lowest BCUT2D eigenvalue weighted by Gasteiger charge is -2.12. The summed E-state index contributed by atoms with van der Waals surface area (Å²) in [5, 5.41) is 2.76. The van der Waals surface area contributed by atoms with Crippen molar-refractivity contribution in [3.05, 3.63) is 18.2 Å². The second-order valence-electron chi connectivity index (χ2n) is 3.94. The third kappa shape index (κ3) is 2.68. The second kappa shape index (κ2) is 5.05. The fraction of sp³-hybridized carbons (Fsp3) is 0.417. The van der Waals surface area contributed by atoms with Gasteiger partial charge in [0.05, 0.1) is 18.5 Å². The average molecular weight is 236 g/mol. The number of hydrogen-bond acceptors (Lipinski definition) is 4. The van der Waals surface area contributed by atoms with E-state index in [-0.39, 0.29) is 12.0 Å². The Morgan fingerprint density at radius 1 is 1.59 bits per heavy atom. The van der Waals surface area contributed by atoms with Gasteiger partial charge in [-0.1, -0.05) is 0 Å². The molecule has 17 heavy (non-hydrogen) atoms. The van der Waals surface area contributed by atoms with E-state index in [1.165, 1.54) is 0 Å². The molecule has 0 spiro atoms. The van der Waals surface area contributed by atoms with Crippen molar-refractivity contribution in [1.29, 1.82) is 0 Å². The highest BCUT2D eigenvalue weighted by Crippen LogP contribution is 2.25. The Morgan fingerprint density at radius 3 is 3.00 bits per heavy atom. The molecule has 3 N–H and O–H groups in total. The van der Waals surface area contributed by atoms with E-state index in [2.05, 4.69) is 5.32 Å². The molecule has 0 aromatic heterocycles. The van der Waals surface area contributed by atoms with Crippen LogP contribution in [0.25, 0.3) is 0 Å². The van der Waals surface area contributed by atoms with Crippen LogP contribution in [0.4, 0.5) is 11.4 Å². The Labute approximate surface area is 99.9 Å². The number of carbonyl (C=O) groups excluding carboxylic acids is 1. The first-order chi connectivity index (χ1) is 8.20. The number of nitrogens with one attached hydrogen (secondary N) is 1. The molecular formula is C12H16N2O3. The molecule has 1 atom stereocenters. The summed E-state index contributed by atoms with van der Waals surface area (Å²) in [5.74, 6) is 0.525. The third-order valence-corrected chi connectivity index (χ3v) is 2.74. The van der Waals surface area contributed by atoms with Crippen LogP contribution in [-0.2, 0) is 9.53 Å². The van der Waals surface area contributed by atoms with Gasteiger partial charge in [-0.25, -0.2) is 0 Å². The van der Waals surface area contributed by atoms with Gasteiger partial charge in [0.1, 0.15) is 11.9 Å². The molecule has 1 aromatic carbocycles. The molecule has 5 heteroatoms. The van der Waals surface area contributed by atoms with Gasteiger partial charge in [-0.3, -0.25) is 4.79 Å². The smallest absolute Gasteiger partial charge is 0.253 e. The predicted octanol–water partition coefficient (Wildman–Crippen LogP) is 1.39. The first-order valence-corrected chi connectivity index (χ1v) is 5.56. The highest BCUT2D eigenvalue weighted by atomic mass is 16.5. The molecule has 0 saturated carbocycles. The van der Waals surface area contributed by atoms with Crippen molar-refractivity contribution in [1.82, 2.24) is 0 Å². The zero-order valence-electron chi connectivity index (χ0n) is 9.73. The van der Waals surface area contributed by atoms with Crippen molar-refractivity contribution in [3.63, 3.8) is 0 Å². The summed E-state index contributed by atoms with van der Waals surface area (Å²) >= 11 is 0. The molecule has 0 unspecified atom stereocenters. The van der Waals surface area contributed by atoms with Gasteiger partial charge in [-0.15, -0.1) is 0 Å². The number of nitrogens with two attached hydrogens (primary N) is 1. The van der Waals surface area contributed by atoms with Gasteiger partial charge in [0.15, 0.2) is 0 Å². The molecule has 0 aliphatic carbocycles. The van der Waals surface area contributed by atoms with E-state index in [0.29, 0.717) is 23.7 Å². The molecule has 1 saturated heterocycles. The number of rotatable bonds is 3. The van der Waals surface area contributed by atoms with Crippen LogP contribution in [-0.4, -0.2) is 25.7 Å². The number of nitrogen functional groups attached to an aromatic ring is 1. The number of carbonyl (C=O) groups is 1. The maximum atomic E-state index is 11.8. The summed E-state index contributed by atoms with van der Waals surface area (Å²) in [4.78, 5) is 11.8. The van der Waals surface area contributed by atoms with Crippen LogP contribution in [0, 0.1) is 0 Å². The molecular weight excluding hydrogens is 220 g/mol. The second-order valence-corrected chi connectivity index (χ2v) is 3.94. The molecule has 92 valence electrons. The molecule has 1 amide bonds. The largest absolute Gasteiger partial charge is 0.497 e. The minimum atomic E-state index is -0.350. The highest BCUT2D eigenvalue weighted by Gasteiger charge is 2.23. The number of hydrogen-bond donors (Lipinski definition) is 2. The molecule has 1 heterocycles. The summed E-state index contributed by atoms with van der Waals surface area (Å²) in [5.41, 5.74) is 6.88. The minimum absolute atomic E-state index is 0.139. The number of benzene rings is 1. The summed E-state index contributed by atoms with van der Waals surface area (Å²) in [6, 6.07) is 5.15. The highest BCUT2D eigenvalue weighted by molar-refractivity contribution is 5.97. The fourth-order valence-electron chi connectivity index (χ4n) is 1.78. The minimum Gasteiger partial charge on any atom is -0.497 e. The van der Waals surface area contributed by atoms with Gasteiger partial charge in [0.25, 0.3) is 5.91 Å². The van der Waals surface area contributed by atoms with Crippen LogP contribution in [0.3, 0.4) is 0 Å². The van der Waals surface area contributed by atoms with Crippen molar-refractivity contribution in [2.75, 3.05) is 24.8 Å². The topological polar surface area (TPSA) is 73.6 Å². The monoisotopic (exact) mass is 236 g/mol. The van der Waals surface area contributed by atoms with Crippen LogP contribution in [0.1, 0.15) is 12.8 Å². The van der Waals surface area contributed by atoms with Crippen molar-refractivity contribution in [3.8, 4) is 5.75 Å². The Balaban J connectivity index is 2.05. The van der Waals surface area contributed by atoms with Crippen LogP contribution in [0.5, 0.6) is 5.75 Å². The standard InChI is InChI=1S/C12H16N2O3/c1-16-8-4-5-10(9(13)7-8)14-12(15)11-3-2-6-17-11/h4-5,7,11H,2-3,6,13H2,1H3,(H,14,15)/t11-/m0/s1. The van der Waals surface area contributed by atoms with Gasteiger partial charge in [-0.2, -0.15) is 0 Å². The quantitative estimate of drug-likeness (QED) is 0.778. The number of amides is 1. The van der Waals surface area contributed by atoms with Crippen LogP contribution in [0.2, 0.25) is 0 Å². The Hall–Kier alpha value is -1.75. The molecule has 0 bridgehead atoms. The predicted molar refractivity (Wildman–Crippen MR) is 65.0 cm³/mol. The van der Waals surface area contributed by atoms with E-state index < -0.39 is 0 Å². The maximum Gasteiger partial charge on any atom is 0.253 e. The lowest BCUT2D eigenvalue weighted by molar-refractivity contribution is -0.124. The number of methoxy groups -OCH3 is 1.